The molecule has 1 aliphatic rings. The molecule has 3 heterocycles. The van der Waals surface area contributed by atoms with Crippen molar-refractivity contribution in [3.8, 4) is 0 Å². The van der Waals surface area contributed by atoms with Crippen LogP contribution in [-0.2, 0) is 4.74 Å². The molecule has 4 N–H and O–H groups in total. The van der Waals surface area contributed by atoms with E-state index in [2.05, 4.69) is 15.4 Å². The monoisotopic (exact) mass is 268 g/mol. The molecule has 1 saturated heterocycles. The molecule has 2 unspecified atom stereocenters. The molecule has 9 nitrogen and oxygen atoms in total. The molecule has 0 aromatic carbocycles. The summed E-state index contributed by atoms with van der Waals surface area (Å²) in [5.41, 5.74) is 0.191. The number of hydrogen-bond donors (Lipinski definition) is 4. The van der Waals surface area contributed by atoms with E-state index >= 15 is 0 Å². The second-order valence-corrected chi connectivity index (χ2v) is 4.30. The summed E-state index contributed by atoms with van der Waals surface area (Å²) in [5.74, 6) is 0. The number of H-pyrrole nitrogens is 1. The molecule has 2 aromatic rings. The largest absolute Gasteiger partial charge is 0.394 e. The standard InChI is InChI=1S/C10H12N4O5/c15-3-5-7(17)8(18)10(19-5)14-6(16)2-1-4-9(14)12-13-11-4/h1-2,5,7-8,10,15,17-18H,3H2,(H,11,12,13)/t5-,7+,8?,10?/m1/s1. The second kappa shape index (κ2) is 4.38. The Bertz CT molecular complexity index is 653. The van der Waals surface area contributed by atoms with E-state index in [4.69, 9.17) is 9.84 Å². The van der Waals surface area contributed by atoms with Crippen LogP contribution in [0.15, 0.2) is 16.9 Å². The lowest BCUT2D eigenvalue weighted by atomic mass is 10.1. The van der Waals surface area contributed by atoms with E-state index in [1.54, 1.807) is 0 Å². The van der Waals surface area contributed by atoms with Gasteiger partial charge in [0.25, 0.3) is 5.56 Å². The molecule has 0 spiro atoms. The number of nitrogens with one attached hydrogen (secondary N) is 1. The summed E-state index contributed by atoms with van der Waals surface area (Å²) in [4.78, 5) is 11.9. The van der Waals surface area contributed by atoms with Crippen molar-refractivity contribution in [1.29, 1.82) is 0 Å². The van der Waals surface area contributed by atoms with Gasteiger partial charge in [-0.1, -0.05) is 0 Å². The molecule has 102 valence electrons. The van der Waals surface area contributed by atoms with Gasteiger partial charge in [-0.05, 0) is 6.07 Å². The van der Waals surface area contributed by atoms with Crippen LogP contribution >= 0.6 is 0 Å². The molecule has 3 rings (SSSR count). The molecule has 0 saturated carbocycles. The summed E-state index contributed by atoms with van der Waals surface area (Å²) in [5, 5.41) is 38.7. The fourth-order valence-corrected chi connectivity index (χ4v) is 2.20. The van der Waals surface area contributed by atoms with Gasteiger partial charge in [0.05, 0.1) is 6.61 Å². The van der Waals surface area contributed by atoms with Crippen molar-refractivity contribution < 1.29 is 20.1 Å². The summed E-state index contributed by atoms with van der Waals surface area (Å²) in [6, 6.07) is 2.75. The fourth-order valence-electron chi connectivity index (χ4n) is 2.20. The van der Waals surface area contributed by atoms with Gasteiger partial charge in [-0.15, -0.1) is 5.10 Å². The van der Waals surface area contributed by atoms with Gasteiger partial charge in [0.1, 0.15) is 23.8 Å². The van der Waals surface area contributed by atoms with Crippen LogP contribution in [0.5, 0.6) is 0 Å². The van der Waals surface area contributed by atoms with Crippen LogP contribution in [0, 0.1) is 0 Å². The molecule has 0 aliphatic carbocycles. The minimum atomic E-state index is -1.34. The Labute approximate surface area is 106 Å². The highest BCUT2D eigenvalue weighted by molar-refractivity contribution is 5.69. The summed E-state index contributed by atoms with van der Waals surface area (Å²) in [7, 11) is 0. The van der Waals surface area contributed by atoms with Crippen LogP contribution in [0.4, 0.5) is 0 Å². The van der Waals surface area contributed by atoms with E-state index in [9.17, 15) is 15.0 Å². The van der Waals surface area contributed by atoms with Gasteiger partial charge in [0.2, 0.25) is 0 Å². The highest BCUT2D eigenvalue weighted by Gasteiger charge is 2.44. The summed E-state index contributed by atoms with van der Waals surface area (Å²) < 4.78 is 6.41. The third-order valence-electron chi connectivity index (χ3n) is 3.18. The Balaban J connectivity index is 2.12. The Morgan fingerprint density at radius 3 is 2.79 bits per heavy atom. The lowest BCUT2D eigenvalue weighted by molar-refractivity contribution is -0.0524. The van der Waals surface area contributed by atoms with Gasteiger partial charge < -0.3 is 20.1 Å². The van der Waals surface area contributed by atoms with Crippen LogP contribution < -0.4 is 5.56 Å². The summed E-state index contributed by atoms with van der Waals surface area (Å²) in [6.45, 7) is -0.460. The van der Waals surface area contributed by atoms with Crippen LogP contribution in [0.3, 0.4) is 0 Å². The normalized spacial score (nSPS) is 31.1. The lowest BCUT2D eigenvalue weighted by Gasteiger charge is -2.17. The predicted molar refractivity (Wildman–Crippen MR) is 61.2 cm³/mol. The molecule has 0 amide bonds. The first kappa shape index (κ1) is 12.2. The Kier molecular flexibility index (Phi) is 2.82. The van der Waals surface area contributed by atoms with Gasteiger partial charge in [-0.2, -0.15) is 10.3 Å². The molecule has 19 heavy (non-hydrogen) atoms. The molecule has 1 fully saturated rings. The molecule has 0 radical (unpaired) electrons. The van der Waals surface area contributed by atoms with Gasteiger partial charge in [-0.25, -0.2) is 0 Å². The van der Waals surface area contributed by atoms with E-state index < -0.39 is 36.7 Å². The van der Waals surface area contributed by atoms with E-state index in [-0.39, 0.29) is 5.65 Å². The van der Waals surface area contributed by atoms with Gasteiger partial charge >= 0.3 is 0 Å². The van der Waals surface area contributed by atoms with Crippen LogP contribution in [0.2, 0.25) is 0 Å². The zero-order chi connectivity index (χ0) is 13.6. The first-order valence-corrected chi connectivity index (χ1v) is 5.68. The van der Waals surface area contributed by atoms with Crippen LogP contribution in [0.1, 0.15) is 6.23 Å². The first-order chi connectivity index (χ1) is 9.13. The SMILES string of the molecule is O=c1ccc2n[nH]nc2n1C1O[C@H](CO)[C@H](O)C1O. The highest BCUT2D eigenvalue weighted by atomic mass is 16.6. The quantitative estimate of drug-likeness (QED) is 0.482. The Morgan fingerprint density at radius 1 is 1.32 bits per heavy atom. The Morgan fingerprint density at radius 2 is 2.11 bits per heavy atom. The van der Waals surface area contributed by atoms with E-state index in [1.807, 2.05) is 0 Å². The number of ether oxygens (including phenoxy) is 1. The highest BCUT2D eigenvalue weighted by Crippen LogP contribution is 2.29. The van der Waals surface area contributed by atoms with Gasteiger partial charge in [0, 0.05) is 6.07 Å². The number of pyridine rings is 1. The maximum atomic E-state index is 11.9. The average molecular weight is 268 g/mol. The second-order valence-electron chi connectivity index (χ2n) is 4.30. The van der Waals surface area contributed by atoms with Crippen molar-refractivity contribution in [3.63, 3.8) is 0 Å². The molecular formula is C10H12N4O5. The molecule has 1 aliphatic heterocycles. The number of hydrogen-bond acceptors (Lipinski definition) is 7. The maximum Gasteiger partial charge on any atom is 0.254 e. The molecule has 2 aromatic heterocycles. The van der Waals surface area contributed by atoms with Crippen molar-refractivity contribution in [2.75, 3.05) is 6.61 Å². The predicted octanol–water partition coefficient (Wildman–Crippen LogP) is -2.27. The van der Waals surface area contributed by atoms with E-state index in [0.29, 0.717) is 5.52 Å². The number of aliphatic hydroxyl groups excluding tert-OH is 3. The smallest absolute Gasteiger partial charge is 0.254 e. The lowest BCUT2D eigenvalue weighted by Crippen LogP contribution is -2.35. The number of rotatable bonds is 2. The Hall–Kier alpha value is -1.81. The van der Waals surface area contributed by atoms with Crippen LogP contribution in [-0.4, -0.2) is 60.2 Å². The molecular weight excluding hydrogens is 256 g/mol. The third-order valence-corrected chi connectivity index (χ3v) is 3.18. The molecule has 4 atom stereocenters. The topological polar surface area (TPSA) is 133 Å². The zero-order valence-electron chi connectivity index (χ0n) is 9.67. The fraction of sp³-hybridized carbons (Fsp3) is 0.500. The maximum absolute atomic E-state index is 11.9. The van der Waals surface area contributed by atoms with Gasteiger partial charge in [0.15, 0.2) is 11.9 Å². The number of aliphatic hydroxyl groups is 3. The number of aromatic nitrogens is 4. The van der Waals surface area contributed by atoms with Crippen LogP contribution in [0.25, 0.3) is 11.2 Å². The number of nitrogens with zero attached hydrogens (tertiary/aromatic N) is 3. The van der Waals surface area contributed by atoms with Crippen molar-refractivity contribution >= 4 is 11.2 Å². The summed E-state index contributed by atoms with van der Waals surface area (Å²) in [6.07, 6.45) is -4.68. The van der Waals surface area contributed by atoms with Gasteiger partial charge in [-0.3, -0.25) is 9.36 Å². The van der Waals surface area contributed by atoms with Crippen molar-refractivity contribution in [2.24, 2.45) is 0 Å². The number of aromatic amines is 1. The third kappa shape index (κ3) is 1.75. The zero-order valence-corrected chi connectivity index (χ0v) is 9.67. The van der Waals surface area contributed by atoms with E-state index in [0.717, 1.165) is 4.57 Å². The summed E-state index contributed by atoms with van der Waals surface area (Å²) >= 11 is 0. The average Bonchev–Trinajstić information content (AvgIpc) is 2.97. The molecule has 9 heteroatoms. The van der Waals surface area contributed by atoms with Crippen molar-refractivity contribution in [2.45, 2.75) is 24.5 Å². The molecule has 0 bridgehead atoms. The number of fused-ring (bicyclic) bond motifs is 1. The van der Waals surface area contributed by atoms with Crippen molar-refractivity contribution in [3.05, 3.63) is 22.5 Å². The van der Waals surface area contributed by atoms with E-state index in [1.165, 1.54) is 12.1 Å². The first-order valence-electron chi connectivity index (χ1n) is 5.68. The minimum absolute atomic E-state index is 0.210. The van der Waals surface area contributed by atoms with Crippen molar-refractivity contribution in [1.82, 2.24) is 20.0 Å². The minimum Gasteiger partial charge on any atom is -0.394 e.